The van der Waals surface area contributed by atoms with E-state index >= 15 is 0 Å². The molecule has 0 aromatic heterocycles. The van der Waals surface area contributed by atoms with Gasteiger partial charge in [0.1, 0.15) is 11.6 Å². The summed E-state index contributed by atoms with van der Waals surface area (Å²) in [5, 5.41) is 0.339. The van der Waals surface area contributed by atoms with E-state index in [1.807, 2.05) is 0 Å². The second-order valence-electron chi connectivity index (χ2n) is 6.31. The number of likely N-dealkylation sites (tertiary alicyclic amines) is 1. The highest BCUT2D eigenvalue weighted by Gasteiger charge is 2.29. The highest BCUT2D eigenvalue weighted by Crippen LogP contribution is 2.31. The van der Waals surface area contributed by atoms with Crippen molar-refractivity contribution in [2.24, 2.45) is 5.92 Å². The number of nitrogen functional groups attached to an aromatic ring is 1. The van der Waals surface area contributed by atoms with E-state index in [2.05, 4.69) is 0 Å². The Balaban J connectivity index is 0.00000243. The maximum atomic E-state index is 13.0. The van der Waals surface area contributed by atoms with Crippen LogP contribution in [0.1, 0.15) is 22.3 Å². The summed E-state index contributed by atoms with van der Waals surface area (Å²) in [5.41, 5.74) is 7.65. The third kappa shape index (κ3) is 4.40. The molecule has 1 saturated heterocycles. The third-order valence-electron chi connectivity index (χ3n) is 4.56. The third-order valence-corrected chi connectivity index (χ3v) is 4.89. The van der Waals surface area contributed by atoms with Gasteiger partial charge in [-0.15, -0.1) is 12.4 Å². The molecule has 1 heterocycles. The van der Waals surface area contributed by atoms with Crippen LogP contribution in [-0.4, -0.2) is 31.0 Å². The zero-order valence-electron chi connectivity index (χ0n) is 14.4. The minimum Gasteiger partial charge on any atom is -0.496 e. The fraction of sp³-hybridized carbons (Fsp3) is 0.316. The van der Waals surface area contributed by atoms with Crippen LogP contribution in [-0.2, 0) is 6.42 Å². The highest BCUT2D eigenvalue weighted by molar-refractivity contribution is 6.33. The lowest BCUT2D eigenvalue weighted by atomic mass is 9.99. The number of rotatable bonds is 4. The van der Waals surface area contributed by atoms with Gasteiger partial charge in [0.25, 0.3) is 5.91 Å². The number of nitrogens with two attached hydrogens (primary N) is 1. The number of hydrogen-bond donors (Lipinski definition) is 1. The molecule has 140 valence electrons. The maximum Gasteiger partial charge on any atom is 0.257 e. The lowest BCUT2D eigenvalue weighted by molar-refractivity contribution is 0.0784. The molecule has 2 aromatic rings. The van der Waals surface area contributed by atoms with Gasteiger partial charge in [0, 0.05) is 19.2 Å². The van der Waals surface area contributed by atoms with E-state index < -0.39 is 0 Å². The van der Waals surface area contributed by atoms with E-state index in [0.29, 0.717) is 41.0 Å². The standard InChI is InChI=1S/C19H20ClFN2O2.ClH/c1-25-18-10-17(22)16(20)9-15(18)19(24)23-7-6-13(11-23)8-12-2-4-14(21)5-3-12;/h2-5,9-10,13H,6-8,11,22H2,1H3;1H. The zero-order valence-corrected chi connectivity index (χ0v) is 15.9. The molecule has 1 unspecified atom stereocenters. The molecule has 7 heteroatoms. The van der Waals surface area contributed by atoms with Crippen LogP contribution in [0.15, 0.2) is 36.4 Å². The Kier molecular flexibility index (Phi) is 6.73. The van der Waals surface area contributed by atoms with Gasteiger partial charge in [0.15, 0.2) is 0 Å². The average Bonchev–Trinajstić information content (AvgIpc) is 3.07. The van der Waals surface area contributed by atoms with Crippen LogP contribution >= 0.6 is 24.0 Å². The van der Waals surface area contributed by atoms with Crippen LogP contribution in [0.5, 0.6) is 5.75 Å². The van der Waals surface area contributed by atoms with Crippen molar-refractivity contribution in [3.05, 3.63) is 58.4 Å². The van der Waals surface area contributed by atoms with Gasteiger partial charge in [-0.25, -0.2) is 4.39 Å². The minimum atomic E-state index is -0.237. The van der Waals surface area contributed by atoms with Crippen molar-refractivity contribution in [2.45, 2.75) is 12.8 Å². The molecule has 1 amide bonds. The van der Waals surface area contributed by atoms with E-state index in [-0.39, 0.29) is 24.1 Å². The number of methoxy groups -OCH3 is 1. The maximum absolute atomic E-state index is 13.0. The SMILES string of the molecule is COc1cc(N)c(Cl)cc1C(=O)N1CCC(Cc2ccc(F)cc2)C1.Cl. The average molecular weight is 399 g/mol. The first-order chi connectivity index (χ1) is 12.0. The second-order valence-corrected chi connectivity index (χ2v) is 6.72. The van der Waals surface area contributed by atoms with Gasteiger partial charge in [-0.2, -0.15) is 0 Å². The van der Waals surface area contributed by atoms with Crippen molar-refractivity contribution in [2.75, 3.05) is 25.9 Å². The Labute approximate surface area is 163 Å². The van der Waals surface area contributed by atoms with Crippen molar-refractivity contribution >= 4 is 35.6 Å². The van der Waals surface area contributed by atoms with Crippen molar-refractivity contribution < 1.29 is 13.9 Å². The van der Waals surface area contributed by atoms with Crippen molar-refractivity contribution in [3.63, 3.8) is 0 Å². The minimum absolute atomic E-state index is 0. The van der Waals surface area contributed by atoms with E-state index in [4.69, 9.17) is 22.1 Å². The molecular weight excluding hydrogens is 378 g/mol. The quantitative estimate of drug-likeness (QED) is 0.785. The predicted octanol–water partition coefficient (Wildman–Crippen LogP) is 4.20. The van der Waals surface area contributed by atoms with Gasteiger partial charge in [-0.3, -0.25) is 4.79 Å². The molecule has 0 aliphatic carbocycles. The Morgan fingerprint density at radius 3 is 2.69 bits per heavy atom. The van der Waals surface area contributed by atoms with Crippen LogP contribution in [0.3, 0.4) is 0 Å². The monoisotopic (exact) mass is 398 g/mol. The summed E-state index contributed by atoms with van der Waals surface area (Å²) in [4.78, 5) is 14.6. The van der Waals surface area contributed by atoms with E-state index in [0.717, 1.165) is 18.4 Å². The summed E-state index contributed by atoms with van der Waals surface area (Å²) in [5.74, 6) is 0.429. The molecule has 1 fully saturated rings. The number of benzene rings is 2. The Hall–Kier alpha value is -1.98. The molecule has 3 rings (SSSR count). The molecule has 0 saturated carbocycles. The summed E-state index contributed by atoms with van der Waals surface area (Å²) >= 11 is 6.06. The van der Waals surface area contributed by atoms with E-state index in [1.165, 1.54) is 19.2 Å². The van der Waals surface area contributed by atoms with Crippen molar-refractivity contribution in [1.29, 1.82) is 0 Å². The first-order valence-corrected chi connectivity index (χ1v) is 8.52. The number of anilines is 1. The number of nitrogens with zero attached hydrogens (tertiary/aromatic N) is 1. The molecule has 26 heavy (non-hydrogen) atoms. The number of carbonyl (C=O) groups is 1. The molecule has 1 atom stereocenters. The largest absolute Gasteiger partial charge is 0.496 e. The van der Waals surface area contributed by atoms with Gasteiger partial charge >= 0.3 is 0 Å². The molecule has 4 nitrogen and oxygen atoms in total. The Morgan fingerprint density at radius 1 is 1.35 bits per heavy atom. The van der Waals surface area contributed by atoms with Gasteiger partial charge in [0.05, 0.1) is 23.4 Å². The van der Waals surface area contributed by atoms with Crippen LogP contribution in [0, 0.1) is 11.7 Å². The first-order valence-electron chi connectivity index (χ1n) is 8.14. The van der Waals surface area contributed by atoms with Crippen LogP contribution in [0.2, 0.25) is 5.02 Å². The molecule has 0 radical (unpaired) electrons. The highest BCUT2D eigenvalue weighted by atomic mass is 35.5. The lowest BCUT2D eigenvalue weighted by Gasteiger charge is -2.19. The van der Waals surface area contributed by atoms with E-state index in [1.54, 1.807) is 29.2 Å². The van der Waals surface area contributed by atoms with Gasteiger partial charge in [-0.05, 0) is 42.5 Å². The Bertz CT molecular complexity index is 784. The zero-order chi connectivity index (χ0) is 18.0. The molecule has 2 N–H and O–H groups in total. The number of carbonyl (C=O) groups excluding carboxylic acids is 1. The molecule has 1 aliphatic heterocycles. The summed E-state index contributed by atoms with van der Waals surface area (Å²) in [7, 11) is 1.50. The summed E-state index contributed by atoms with van der Waals surface area (Å²) < 4.78 is 18.3. The Morgan fingerprint density at radius 2 is 2.04 bits per heavy atom. The van der Waals surface area contributed by atoms with Crippen molar-refractivity contribution in [3.8, 4) is 5.75 Å². The summed E-state index contributed by atoms with van der Waals surface area (Å²) in [6.45, 7) is 1.33. The fourth-order valence-corrected chi connectivity index (χ4v) is 3.38. The number of amides is 1. The fourth-order valence-electron chi connectivity index (χ4n) is 3.21. The molecule has 0 spiro atoms. The molecular formula is C19H21Cl2FN2O2. The normalized spacial score (nSPS) is 16.3. The van der Waals surface area contributed by atoms with Crippen molar-refractivity contribution in [1.82, 2.24) is 4.90 Å². The van der Waals surface area contributed by atoms with Gasteiger partial charge in [-0.1, -0.05) is 23.7 Å². The lowest BCUT2D eigenvalue weighted by Crippen LogP contribution is -2.29. The van der Waals surface area contributed by atoms with Crippen LogP contribution in [0.25, 0.3) is 0 Å². The van der Waals surface area contributed by atoms with Crippen LogP contribution < -0.4 is 10.5 Å². The predicted molar refractivity (Wildman–Crippen MR) is 104 cm³/mol. The topological polar surface area (TPSA) is 55.6 Å². The van der Waals surface area contributed by atoms with Gasteiger partial charge < -0.3 is 15.4 Å². The molecule has 1 aliphatic rings. The first kappa shape index (κ1) is 20.3. The number of ether oxygens (including phenoxy) is 1. The van der Waals surface area contributed by atoms with E-state index in [9.17, 15) is 9.18 Å². The molecule has 0 bridgehead atoms. The summed E-state index contributed by atoms with van der Waals surface area (Å²) in [6.07, 6.45) is 1.73. The van der Waals surface area contributed by atoms with Crippen LogP contribution in [0.4, 0.5) is 10.1 Å². The summed E-state index contributed by atoms with van der Waals surface area (Å²) in [6, 6.07) is 9.65. The number of halogens is 3. The second kappa shape index (κ2) is 8.60. The molecule has 2 aromatic carbocycles. The van der Waals surface area contributed by atoms with Gasteiger partial charge in [0.2, 0.25) is 0 Å². The smallest absolute Gasteiger partial charge is 0.257 e. The number of hydrogen-bond acceptors (Lipinski definition) is 3.